The molecule has 0 atom stereocenters. The molecule has 0 unspecified atom stereocenters. The summed E-state index contributed by atoms with van der Waals surface area (Å²) in [6.07, 6.45) is 2.26. The van der Waals surface area contributed by atoms with Crippen molar-refractivity contribution in [1.29, 1.82) is 0 Å². The molecule has 1 heterocycles. The van der Waals surface area contributed by atoms with Crippen LogP contribution in [0.3, 0.4) is 0 Å². The highest BCUT2D eigenvalue weighted by Crippen LogP contribution is 2.07. The van der Waals surface area contributed by atoms with Crippen LogP contribution in [-0.2, 0) is 13.1 Å². The van der Waals surface area contributed by atoms with Crippen LogP contribution in [0.2, 0.25) is 0 Å². The monoisotopic (exact) mass is 266 g/mol. The predicted octanol–water partition coefficient (Wildman–Crippen LogP) is 1.14. The Labute approximate surface area is 112 Å². The third-order valence-electron chi connectivity index (χ3n) is 2.98. The van der Waals surface area contributed by atoms with Crippen molar-refractivity contribution in [2.45, 2.75) is 47.2 Å². The van der Waals surface area contributed by atoms with Crippen LogP contribution in [0.15, 0.2) is 15.2 Å². The van der Waals surface area contributed by atoms with Crippen molar-refractivity contribution < 1.29 is 5.11 Å². The van der Waals surface area contributed by atoms with Crippen molar-refractivity contribution in [3.8, 4) is 0 Å². The summed E-state index contributed by atoms with van der Waals surface area (Å²) in [6.45, 7) is 8.21. The minimum atomic E-state index is -0.306. The molecular formula is C14H22N2O3. The number of hydrogen-bond donors (Lipinski definition) is 1. The lowest BCUT2D eigenvalue weighted by atomic mass is 10.2. The molecule has 1 aromatic heterocycles. The normalized spacial score (nSPS) is 10.6. The average molecular weight is 266 g/mol. The molecule has 106 valence electrons. The fourth-order valence-electron chi connectivity index (χ4n) is 2.04. The fourth-order valence-corrected chi connectivity index (χ4v) is 2.04. The first-order valence-electron chi connectivity index (χ1n) is 6.54. The van der Waals surface area contributed by atoms with Gasteiger partial charge >= 0.3 is 5.69 Å². The predicted molar refractivity (Wildman–Crippen MR) is 76.4 cm³/mol. The Balaban J connectivity index is 3.59. The van der Waals surface area contributed by atoms with E-state index in [-0.39, 0.29) is 24.4 Å². The van der Waals surface area contributed by atoms with Gasteiger partial charge in [-0.2, -0.15) is 0 Å². The highest BCUT2D eigenvalue weighted by molar-refractivity contribution is 5.51. The van der Waals surface area contributed by atoms with E-state index < -0.39 is 0 Å². The lowest BCUT2D eigenvalue weighted by molar-refractivity contribution is 0.277. The molecule has 0 aliphatic rings. The molecule has 0 radical (unpaired) electrons. The Morgan fingerprint density at radius 3 is 2.37 bits per heavy atom. The zero-order valence-electron chi connectivity index (χ0n) is 12.1. The first-order chi connectivity index (χ1) is 8.93. The summed E-state index contributed by atoms with van der Waals surface area (Å²) in [4.78, 5) is 24.5. The maximum absolute atomic E-state index is 12.3. The van der Waals surface area contributed by atoms with Crippen molar-refractivity contribution in [3.63, 3.8) is 0 Å². The third-order valence-corrected chi connectivity index (χ3v) is 2.98. The first kappa shape index (κ1) is 15.4. The fraction of sp³-hybridized carbons (Fsp3) is 0.571. The van der Waals surface area contributed by atoms with Crippen LogP contribution in [-0.4, -0.2) is 20.8 Å². The quantitative estimate of drug-likeness (QED) is 0.869. The third kappa shape index (κ3) is 3.23. The maximum Gasteiger partial charge on any atom is 0.331 e. The van der Waals surface area contributed by atoms with Crippen LogP contribution >= 0.6 is 0 Å². The van der Waals surface area contributed by atoms with E-state index in [1.165, 1.54) is 4.57 Å². The Morgan fingerprint density at radius 2 is 1.89 bits per heavy atom. The van der Waals surface area contributed by atoms with Crippen LogP contribution in [0.5, 0.6) is 0 Å². The molecule has 1 N–H and O–H groups in total. The van der Waals surface area contributed by atoms with E-state index in [0.29, 0.717) is 24.2 Å². The van der Waals surface area contributed by atoms with Crippen LogP contribution in [0.25, 0.3) is 6.08 Å². The standard InChI is InChI=1S/C14H22N2O3/c1-5-15-12(9-10(2)3)11(4)13(18)16(14(15)19)7-6-8-17/h9,17H,5-8H2,1-4H3. The van der Waals surface area contributed by atoms with Crippen LogP contribution < -0.4 is 11.2 Å². The summed E-state index contributed by atoms with van der Waals surface area (Å²) in [6, 6.07) is 0. The highest BCUT2D eigenvalue weighted by atomic mass is 16.3. The van der Waals surface area contributed by atoms with Crippen molar-refractivity contribution in [3.05, 3.63) is 37.7 Å². The van der Waals surface area contributed by atoms with E-state index in [1.807, 2.05) is 26.8 Å². The lowest BCUT2D eigenvalue weighted by Gasteiger charge is -2.14. The summed E-state index contributed by atoms with van der Waals surface area (Å²) in [5.74, 6) is 0. The summed E-state index contributed by atoms with van der Waals surface area (Å²) >= 11 is 0. The van der Waals surface area contributed by atoms with E-state index in [2.05, 4.69) is 0 Å². The van der Waals surface area contributed by atoms with Crippen LogP contribution in [0, 0.1) is 6.92 Å². The zero-order chi connectivity index (χ0) is 14.6. The number of allylic oxidation sites excluding steroid dienone is 1. The smallest absolute Gasteiger partial charge is 0.331 e. The number of aliphatic hydroxyl groups excluding tert-OH is 1. The molecule has 0 fully saturated rings. The van der Waals surface area contributed by atoms with E-state index in [1.54, 1.807) is 11.5 Å². The van der Waals surface area contributed by atoms with E-state index in [9.17, 15) is 9.59 Å². The zero-order valence-corrected chi connectivity index (χ0v) is 12.1. The van der Waals surface area contributed by atoms with Gasteiger partial charge in [0, 0.05) is 25.3 Å². The second kappa shape index (κ2) is 6.52. The molecule has 0 aliphatic carbocycles. The topological polar surface area (TPSA) is 64.2 Å². The van der Waals surface area contributed by atoms with Crippen molar-refractivity contribution in [2.75, 3.05) is 6.61 Å². The number of aliphatic hydroxyl groups is 1. The first-order valence-corrected chi connectivity index (χ1v) is 6.54. The lowest BCUT2D eigenvalue weighted by Crippen LogP contribution is -2.42. The average Bonchev–Trinajstić information content (AvgIpc) is 2.36. The molecule has 0 bridgehead atoms. The van der Waals surface area contributed by atoms with E-state index >= 15 is 0 Å². The van der Waals surface area contributed by atoms with Crippen LogP contribution in [0.4, 0.5) is 0 Å². The molecule has 19 heavy (non-hydrogen) atoms. The summed E-state index contributed by atoms with van der Waals surface area (Å²) in [7, 11) is 0. The number of rotatable bonds is 5. The molecular weight excluding hydrogens is 244 g/mol. The van der Waals surface area contributed by atoms with Gasteiger partial charge in [0.15, 0.2) is 0 Å². The van der Waals surface area contributed by atoms with Gasteiger partial charge in [-0.25, -0.2) is 4.79 Å². The molecule has 5 nitrogen and oxygen atoms in total. The molecule has 0 amide bonds. The molecule has 0 saturated heterocycles. The molecule has 1 aromatic rings. The van der Waals surface area contributed by atoms with Gasteiger partial charge in [0.1, 0.15) is 0 Å². The highest BCUT2D eigenvalue weighted by Gasteiger charge is 2.13. The molecule has 0 spiro atoms. The van der Waals surface area contributed by atoms with Gasteiger partial charge in [0.25, 0.3) is 5.56 Å². The number of nitrogens with zero attached hydrogens (tertiary/aromatic N) is 2. The van der Waals surface area contributed by atoms with Crippen molar-refractivity contribution in [1.82, 2.24) is 9.13 Å². The van der Waals surface area contributed by atoms with Crippen molar-refractivity contribution >= 4 is 6.08 Å². The summed E-state index contributed by atoms with van der Waals surface area (Å²) in [5, 5.41) is 8.84. The molecule has 1 rings (SSSR count). The van der Waals surface area contributed by atoms with Gasteiger partial charge in [-0.15, -0.1) is 0 Å². The van der Waals surface area contributed by atoms with Crippen LogP contribution in [0.1, 0.15) is 38.4 Å². The Kier molecular flexibility index (Phi) is 5.30. The van der Waals surface area contributed by atoms with Gasteiger partial charge in [0.2, 0.25) is 0 Å². The van der Waals surface area contributed by atoms with Crippen molar-refractivity contribution in [2.24, 2.45) is 0 Å². The molecule has 5 heteroatoms. The van der Waals surface area contributed by atoms with Gasteiger partial charge in [-0.1, -0.05) is 5.57 Å². The van der Waals surface area contributed by atoms with E-state index in [0.717, 1.165) is 5.57 Å². The summed E-state index contributed by atoms with van der Waals surface area (Å²) in [5.41, 5.74) is 1.71. The SMILES string of the molecule is CCn1c(C=C(C)C)c(C)c(=O)n(CCCO)c1=O. The number of aromatic nitrogens is 2. The largest absolute Gasteiger partial charge is 0.396 e. The van der Waals surface area contributed by atoms with E-state index in [4.69, 9.17) is 5.11 Å². The van der Waals surface area contributed by atoms with Gasteiger partial charge < -0.3 is 5.11 Å². The molecule has 0 saturated carbocycles. The maximum atomic E-state index is 12.3. The minimum Gasteiger partial charge on any atom is -0.396 e. The Bertz CT molecular complexity index is 590. The summed E-state index contributed by atoms with van der Waals surface area (Å²) < 4.78 is 2.80. The Hall–Kier alpha value is -1.62. The minimum absolute atomic E-state index is 0.0349. The molecule has 0 aliphatic heterocycles. The van der Waals surface area contributed by atoms with Gasteiger partial charge in [-0.05, 0) is 40.2 Å². The Morgan fingerprint density at radius 1 is 1.26 bits per heavy atom. The van der Waals surface area contributed by atoms with Gasteiger partial charge in [-0.3, -0.25) is 13.9 Å². The van der Waals surface area contributed by atoms with Gasteiger partial charge in [0.05, 0.1) is 5.69 Å². The number of hydrogen-bond acceptors (Lipinski definition) is 3. The second-order valence-electron chi connectivity index (χ2n) is 4.79. The second-order valence-corrected chi connectivity index (χ2v) is 4.79. The molecule has 0 aromatic carbocycles.